The predicted molar refractivity (Wildman–Crippen MR) is 89.1 cm³/mol. The number of nitrogens with one attached hydrogen (secondary N) is 1. The van der Waals surface area contributed by atoms with Crippen molar-refractivity contribution in [2.24, 2.45) is 0 Å². The number of carbonyl (C=O) groups is 2. The van der Waals surface area contributed by atoms with E-state index in [4.69, 9.17) is 0 Å². The van der Waals surface area contributed by atoms with Crippen LogP contribution in [0, 0.1) is 0 Å². The van der Waals surface area contributed by atoms with Crippen LogP contribution in [-0.4, -0.2) is 86.9 Å². The van der Waals surface area contributed by atoms with E-state index in [0.717, 1.165) is 25.5 Å². The van der Waals surface area contributed by atoms with Crippen molar-refractivity contribution in [3.05, 3.63) is 18.5 Å². The SMILES string of the molecule is C[C@@H]1CN(CC(=O)N2CCNC2=O)CCN1c1ccc2nncn2n1. The Kier molecular flexibility index (Phi) is 3.96. The highest BCUT2D eigenvalue weighted by Crippen LogP contribution is 2.18. The first-order valence-electron chi connectivity index (χ1n) is 8.36. The minimum absolute atomic E-state index is 0.139. The van der Waals surface area contributed by atoms with Crippen molar-refractivity contribution in [2.75, 3.05) is 44.2 Å². The molecule has 0 unspecified atom stereocenters. The van der Waals surface area contributed by atoms with Crippen LogP contribution in [0.2, 0.25) is 0 Å². The molecule has 2 saturated heterocycles. The standard InChI is InChI=1S/C15H20N8O2/c1-11-8-20(9-14(24)22-5-4-16-15(22)25)6-7-21(11)13-3-2-12-18-17-10-23(12)19-13/h2-3,10-11H,4-9H2,1H3,(H,16,25)/t11-/m1/s1. The third-order valence-electron chi connectivity index (χ3n) is 4.67. The van der Waals surface area contributed by atoms with Crippen LogP contribution >= 0.6 is 0 Å². The van der Waals surface area contributed by atoms with E-state index in [1.54, 1.807) is 10.8 Å². The Balaban J connectivity index is 1.40. The monoisotopic (exact) mass is 344 g/mol. The Hall–Kier alpha value is -2.75. The molecule has 25 heavy (non-hydrogen) atoms. The van der Waals surface area contributed by atoms with E-state index in [-0.39, 0.29) is 24.5 Å². The second kappa shape index (κ2) is 6.28. The summed E-state index contributed by atoms with van der Waals surface area (Å²) in [4.78, 5) is 29.5. The molecule has 10 heteroatoms. The summed E-state index contributed by atoms with van der Waals surface area (Å²) in [6.07, 6.45) is 1.58. The van der Waals surface area contributed by atoms with Crippen molar-refractivity contribution < 1.29 is 9.59 Å². The van der Waals surface area contributed by atoms with Crippen LogP contribution in [0.25, 0.3) is 5.65 Å². The third-order valence-corrected chi connectivity index (χ3v) is 4.67. The summed E-state index contributed by atoms with van der Waals surface area (Å²) in [5, 5.41) is 15.0. The van der Waals surface area contributed by atoms with Crippen molar-refractivity contribution in [1.29, 1.82) is 0 Å². The molecule has 0 spiro atoms. The van der Waals surface area contributed by atoms with Gasteiger partial charge in [-0.3, -0.25) is 14.6 Å². The zero-order chi connectivity index (χ0) is 17.4. The summed E-state index contributed by atoms with van der Waals surface area (Å²) < 4.78 is 1.66. The lowest BCUT2D eigenvalue weighted by Crippen LogP contribution is -2.54. The van der Waals surface area contributed by atoms with Crippen LogP contribution in [0.5, 0.6) is 0 Å². The molecule has 132 valence electrons. The van der Waals surface area contributed by atoms with Gasteiger partial charge in [0.1, 0.15) is 12.1 Å². The van der Waals surface area contributed by atoms with Gasteiger partial charge >= 0.3 is 6.03 Å². The predicted octanol–water partition coefficient (Wildman–Crippen LogP) is -0.813. The van der Waals surface area contributed by atoms with Gasteiger partial charge in [0.15, 0.2) is 5.65 Å². The zero-order valence-corrected chi connectivity index (χ0v) is 14.0. The quantitative estimate of drug-likeness (QED) is 0.777. The highest BCUT2D eigenvalue weighted by molar-refractivity contribution is 5.96. The van der Waals surface area contributed by atoms with Gasteiger partial charge in [-0.1, -0.05) is 0 Å². The van der Waals surface area contributed by atoms with E-state index >= 15 is 0 Å². The topological polar surface area (TPSA) is 99.0 Å². The number of urea groups is 1. The maximum absolute atomic E-state index is 12.3. The second-order valence-corrected chi connectivity index (χ2v) is 6.38. The molecule has 1 N–H and O–H groups in total. The molecule has 2 aromatic rings. The van der Waals surface area contributed by atoms with Crippen molar-refractivity contribution in [1.82, 2.24) is 34.9 Å². The van der Waals surface area contributed by atoms with Crippen LogP contribution in [0.4, 0.5) is 10.6 Å². The van der Waals surface area contributed by atoms with Crippen molar-refractivity contribution >= 4 is 23.4 Å². The number of nitrogens with zero attached hydrogens (tertiary/aromatic N) is 7. The number of hydrogen-bond acceptors (Lipinski definition) is 7. The summed E-state index contributed by atoms with van der Waals surface area (Å²) in [7, 11) is 0. The van der Waals surface area contributed by atoms with E-state index in [0.29, 0.717) is 18.7 Å². The lowest BCUT2D eigenvalue weighted by Gasteiger charge is -2.40. The smallest absolute Gasteiger partial charge is 0.324 e. The normalized spacial score (nSPS) is 21.8. The fourth-order valence-corrected chi connectivity index (χ4v) is 3.37. The number of rotatable bonds is 3. The number of fused-ring (bicyclic) bond motifs is 1. The van der Waals surface area contributed by atoms with Gasteiger partial charge in [0.05, 0.1) is 6.54 Å². The maximum Gasteiger partial charge on any atom is 0.324 e. The first-order valence-corrected chi connectivity index (χ1v) is 8.36. The first-order chi connectivity index (χ1) is 12.1. The zero-order valence-electron chi connectivity index (χ0n) is 14.0. The number of carbonyl (C=O) groups excluding carboxylic acids is 2. The number of imide groups is 1. The van der Waals surface area contributed by atoms with Crippen LogP contribution in [0.3, 0.4) is 0 Å². The van der Waals surface area contributed by atoms with Gasteiger partial charge in [0.2, 0.25) is 5.91 Å². The number of amides is 3. The molecule has 2 fully saturated rings. The molecule has 4 rings (SSSR count). The molecule has 2 aliphatic heterocycles. The Morgan fingerprint density at radius 2 is 2.20 bits per heavy atom. The molecular weight excluding hydrogens is 324 g/mol. The van der Waals surface area contributed by atoms with Crippen molar-refractivity contribution in [3.63, 3.8) is 0 Å². The molecule has 0 saturated carbocycles. The largest absolute Gasteiger partial charge is 0.350 e. The molecule has 3 amide bonds. The van der Waals surface area contributed by atoms with Gasteiger partial charge in [-0.25, -0.2) is 4.79 Å². The fraction of sp³-hybridized carbons (Fsp3) is 0.533. The highest BCUT2D eigenvalue weighted by Gasteiger charge is 2.30. The number of anilines is 1. The minimum atomic E-state index is -0.289. The van der Waals surface area contributed by atoms with Gasteiger partial charge in [-0.2, -0.15) is 4.52 Å². The van der Waals surface area contributed by atoms with Gasteiger partial charge < -0.3 is 10.2 Å². The summed E-state index contributed by atoms with van der Waals surface area (Å²) in [5.41, 5.74) is 0.713. The summed E-state index contributed by atoms with van der Waals surface area (Å²) in [6, 6.07) is 3.75. The lowest BCUT2D eigenvalue weighted by atomic mass is 10.2. The minimum Gasteiger partial charge on any atom is -0.350 e. The van der Waals surface area contributed by atoms with Gasteiger partial charge in [-0.15, -0.1) is 15.3 Å². The average Bonchev–Trinajstić information content (AvgIpc) is 3.22. The van der Waals surface area contributed by atoms with Crippen molar-refractivity contribution in [2.45, 2.75) is 13.0 Å². The molecule has 2 aliphatic rings. The average molecular weight is 344 g/mol. The number of aromatic nitrogens is 4. The van der Waals surface area contributed by atoms with E-state index in [9.17, 15) is 9.59 Å². The Morgan fingerprint density at radius 3 is 2.96 bits per heavy atom. The molecule has 1 atom stereocenters. The molecule has 0 aliphatic carbocycles. The van der Waals surface area contributed by atoms with Crippen LogP contribution < -0.4 is 10.2 Å². The van der Waals surface area contributed by atoms with Gasteiger partial charge in [-0.05, 0) is 19.1 Å². The first kappa shape index (κ1) is 15.8. The third kappa shape index (κ3) is 3.00. The molecule has 2 aromatic heterocycles. The van der Waals surface area contributed by atoms with Gasteiger partial charge in [0, 0.05) is 38.8 Å². The second-order valence-electron chi connectivity index (χ2n) is 6.38. The number of hydrogen-bond donors (Lipinski definition) is 1. The summed E-state index contributed by atoms with van der Waals surface area (Å²) >= 11 is 0. The molecule has 0 bridgehead atoms. The summed E-state index contributed by atoms with van der Waals surface area (Å²) in [5.74, 6) is 0.726. The van der Waals surface area contributed by atoms with E-state index in [1.807, 2.05) is 12.1 Å². The Labute approximate surface area is 144 Å². The molecule has 0 radical (unpaired) electrons. The van der Waals surface area contributed by atoms with Gasteiger partial charge in [0.25, 0.3) is 0 Å². The highest BCUT2D eigenvalue weighted by atomic mass is 16.2. The van der Waals surface area contributed by atoms with E-state index in [2.05, 4.69) is 37.3 Å². The van der Waals surface area contributed by atoms with E-state index in [1.165, 1.54) is 4.90 Å². The summed E-state index contributed by atoms with van der Waals surface area (Å²) in [6.45, 7) is 5.61. The molecule has 10 nitrogen and oxygen atoms in total. The molecule has 4 heterocycles. The maximum atomic E-state index is 12.3. The number of piperazine rings is 1. The Bertz CT molecular complexity index is 806. The lowest BCUT2D eigenvalue weighted by molar-refractivity contribution is -0.128. The Morgan fingerprint density at radius 1 is 1.32 bits per heavy atom. The molecule has 0 aromatic carbocycles. The van der Waals surface area contributed by atoms with Crippen LogP contribution in [0.15, 0.2) is 18.5 Å². The fourth-order valence-electron chi connectivity index (χ4n) is 3.37. The van der Waals surface area contributed by atoms with Crippen LogP contribution in [0.1, 0.15) is 6.92 Å². The van der Waals surface area contributed by atoms with Crippen molar-refractivity contribution in [3.8, 4) is 0 Å². The molecular formula is C15H20N8O2. The van der Waals surface area contributed by atoms with Crippen LogP contribution in [-0.2, 0) is 4.79 Å². The van der Waals surface area contributed by atoms with E-state index < -0.39 is 0 Å².